The molecule has 0 amide bonds. The molecular weight excluding hydrogens is 184 g/mol. The minimum atomic E-state index is 0.907. The van der Waals surface area contributed by atoms with E-state index in [9.17, 15) is 0 Å². The van der Waals surface area contributed by atoms with Crippen LogP contribution < -0.4 is 0 Å². The zero-order chi connectivity index (χ0) is 10.3. The standard InChI is InChI=1S/C13H12N2/c1-9-6-7-11-12(8-9)15-13(14-11)10-4-2-3-5-10/h2-4,6-7H,5,8H2,1H3. The number of allylic oxidation sites excluding steroid dienone is 7. The fourth-order valence-corrected chi connectivity index (χ4v) is 1.95. The molecule has 3 aliphatic rings. The van der Waals surface area contributed by atoms with Gasteiger partial charge in [0, 0.05) is 12.0 Å². The SMILES string of the molecule is CC1=CC=C2N=C(C3=CC=CC3)N=C2C1. The van der Waals surface area contributed by atoms with E-state index in [0.29, 0.717) is 0 Å². The largest absolute Gasteiger partial charge is 0.231 e. The summed E-state index contributed by atoms with van der Waals surface area (Å²) in [6.45, 7) is 2.13. The van der Waals surface area contributed by atoms with Crippen molar-refractivity contribution in [3.63, 3.8) is 0 Å². The highest BCUT2D eigenvalue weighted by atomic mass is 15.0. The third-order valence-corrected chi connectivity index (χ3v) is 2.79. The van der Waals surface area contributed by atoms with Crippen molar-refractivity contribution in [1.29, 1.82) is 0 Å². The quantitative estimate of drug-likeness (QED) is 0.616. The fraction of sp³-hybridized carbons (Fsp3) is 0.231. The van der Waals surface area contributed by atoms with Gasteiger partial charge in [-0.2, -0.15) is 0 Å². The summed E-state index contributed by atoms with van der Waals surface area (Å²) < 4.78 is 0. The summed E-state index contributed by atoms with van der Waals surface area (Å²) in [6, 6.07) is 0. The average molecular weight is 196 g/mol. The molecule has 2 nitrogen and oxygen atoms in total. The molecule has 2 heteroatoms. The molecule has 2 aliphatic carbocycles. The molecule has 0 saturated heterocycles. The molecule has 0 aromatic heterocycles. The second-order valence-corrected chi connectivity index (χ2v) is 4.06. The molecule has 0 fully saturated rings. The monoisotopic (exact) mass is 196 g/mol. The lowest BCUT2D eigenvalue weighted by Crippen LogP contribution is -2.02. The van der Waals surface area contributed by atoms with Crippen LogP contribution in [0.15, 0.2) is 57.2 Å². The first-order valence-corrected chi connectivity index (χ1v) is 5.23. The zero-order valence-corrected chi connectivity index (χ0v) is 8.70. The van der Waals surface area contributed by atoms with Gasteiger partial charge in [0.05, 0.1) is 11.4 Å². The third kappa shape index (κ3) is 1.42. The molecule has 15 heavy (non-hydrogen) atoms. The van der Waals surface area contributed by atoms with Crippen LogP contribution in [0.2, 0.25) is 0 Å². The van der Waals surface area contributed by atoms with E-state index in [-0.39, 0.29) is 0 Å². The summed E-state index contributed by atoms with van der Waals surface area (Å²) in [5, 5.41) is 0. The van der Waals surface area contributed by atoms with Gasteiger partial charge in [-0.15, -0.1) is 0 Å². The zero-order valence-electron chi connectivity index (χ0n) is 8.70. The average Bonchev–Trinajstić information content (AvgIpc) is 2.84. The number of amidine groups is 1. The van der Waals surface area contributed by atoms with Crippen molar-refractivity contribution in [1.82, 2.24) is 0 Å². The van der Waals surface area contributed by atoms with Crippen molar-refractivity contribution in [2.45, 2.75) is 19.8 Å². The van der Waals surface area contributed by atoms with E-state index < -0.39 is 0 Å². The van der Waals surface area contributed by atoms with Crippen molar-refractivity contribution >= 4 is 11.5 Å². The van der Waals surface area contributed by atoms with E-state index in [1.54, 1.807) is 0 Å². The molecule has 0 aromatic carbocycles. The summed E-state index contributed by atoms with van der Waals surface area (Å²) >= 11 is 0. The van der Waals surface area contributed by atoms with Crippen LogP contribution in [0.25, 0.3) is 0 Å². The first-order valence-electron chi connectivity index (χ1n) is 5.23. The number of aliphatic imine (C=N–C) groups is 2. The van der Waals surface area contributed by atoms with Gasteiger partial charge >= 0.3 is 0 Å². The lowest BCUT2D eigenvalue weighted by molar-refractivity contribution is 1.22. The molecule has 0 bridgehead atoms. The van der Waals surface area contributed by atoms with E-state index in [1.807, 2.05) is 0 Å². The minimum Gasteiger partial charge on any atom is -0.231 e. The Hall–Kier alpha value is -1.70. The van der Waals surface area contributed by atoms with Crippen LogP contribution in [0.1, 0.15) is 19.8 Å². The predicted octanol–water partition coefficient (Wildman–Crippen LogP) is 2.96. The van der Waals surface area contributed by atoms with Gasteiger partial charge < -0.3 is 0 Å². The van der Waals surface area contributed by atoms with E-state index >= 15 is 0 Å². The van der Waals surface area contributed by atoms with Crippen molar-refractivity contribution in [3.05, 3.63) is 47.2 Å². The predicted molar refractivity (Wildman–Crippen MR) is 63.2 cm³/mol. The van der Waals surface area contributed by atoms with Crippen LogP contribution in [-0.2, 0) is 0 Å². The Kier molecular flexibility index (Phi) is 1.81. The van der Waals surface area contributed by atoms with Gasteiger partial charge in [-0.25, -0.2) is 9.98 Å². The maximum absolute atomic E-state index is 4.59. The molecule has 0 spiro atoms. The highest BCUT2D eigenvalue weighted by molar-refractivity contribution is 6.19. The van der Waals surface area contributed by atoms with Crippen LogP contribution in [-0.4, -0.2) is 11.5 Å². The van der Waals surface area contributed by atoms with Gasteiger partial charge in [-0.3, -0.25) is 0 Å². The van der Waals surface area contributed by atoms with Gasteiger partial charge in [0.15, 0.2) is 5.84 Å². The third-order valence-electron chi connectivity index (χ3n) is 2.79. The molecule has 1 heterocycles. The van der Waals surface area contributed by atoms with E-state index in [1.165, 1.54) is 11.1 Å². The van der Waals surface area contributed by atoms with E-state index in [2.05, 4.69) is 47.3 Å². The summed E-state index contributed by atoms with van der Waals surface area (Å²) in [5.74, 6) is 0.907. The molecule has 0 N–H and O–H groups in total. The number of nitrogens with zero attached hydrogens (tertiary/aromatic N) is 2. The Bertz CT molecular complexity index is 497. The van der Waals surface area contributed by atoms with Crippen LogP contribution in [0.5, 0.6) is 0 Å². The minimum absolute atomic E-state index is 0.907. The number of hydrogen-bond acceptors (Lipinski definition) is 2. The molecule has 0 saturated carbocycles. The Balaban J connectivity index is 1.93. The summed E-state index contributed by atoms with van der Waals surface area (Å²) in [4.78, 5) is 9.14. The number of fused-ring (bicyclic) bond motifs is 1. The number of hydrogen-bond donors (Lipinski definition) is 0. The Labute approximate surface area is 89.1 Å². The first kappa shape index (κ1) is 8.60. The van der Waals surface area contributed by atoms with Crippen LogP contribution >= 0.6 is 0 Å². The topological polar surface area (TPSA) is 24.7 Å². The first-order chi connectivity index (χ1) is 7.33. The van der Waals surface area contributed by atoms with Crippen molar-refractivity contribution in [2.75, 3.05) is 0 Å². The van der Waals surface area contributed by atoms with Crippen molar-refractivity contribution in [3.8, 4) is 0 Å². The van der Waals surface area contributed by atoms with Gasteiger partial charge in [-0.05, 0) is 19.4 Å². The molecule has 1 aliphatic heterocycles. The van der Waals surface area contributed by atoms with Gasteiger partial charge in [0.25, 0.3) is 0 Å². The second kappa shape index (κ2) is 3.16. The smallest absolute Gasteiger partial charge is 0.156 e. The Morgan fingerprint density at radius 1 is 1.13 bits per heavy atom. The highest BCUT2D eigenvalue weighted by Gasteiger charge is 2.20. The van der Waals surface area contributed by atoms with E-state index in [0.717, 1.165) is 30.1 Å². The van der Waals surface area contributed by atoms with Crippen molar-refractivity contribution in [2.24, 2.45) is 9.98 Å². The molecule has 74 valence electrons. The lowest BCUT2D eigenvalue weighted by Gasteiger charge is -2.05. The van der Waals surface area contributed by atoms with E-state index in [4.69, 9.17) is 0 Å². The summed E-state index contributed by atoms with van der Waals surface area (Å²) in [6.07, 6.45) is 12.4. The number of rotatable bonds is 1. The van der Waals surface area contributed by atoms with Crippen LogP contribution in [0, 0.1) is 0 Å². The maximum atomic E-state index is 4.59. The highest BCUT2D eigenvalue weighted by Crippen LogP contribution is 2.25. The molecular formula is C13H12N2. The lowest BCUT2D eigenvalue weighted by atomic mass is 10.0. The normalized spacial score (nSPS) is 22.9. The van der Waals surface area contributed by atoms with Crippen LogP contribution in [0.3, 0.4) is 0 Å². The Morgan fingerprint density at radius 3 is 2.87 bits per heavy atom. The summed E-state index contributed by atoms with van der Waals surface area (Å²) in [7, 11) is 0. The summed E-state index contributed by atoms with van der Waals surface area (Å²) in [5.41, 5.74) is 4.75. The van der Waals surface area contributed by atoms with Gasteiger partial charge in [0.1, 0.15) is 0 Å². The van der Waals surface area contributed by atoms with Gasteiger partial charge in [-0.1, -0.05) is 29.9 Å². The van der Waals surface area contributed by atoms with Crippen LogP contribution in [0.4, 0.5) is 0 Å². The fourth-order valence-electron chi connectivity index (χ4n) is 1.95. The Morgan fingerprint density at radius 2 is 2.07 bits per heavy atom. The maximum Gasteiger partial charge on any atom is 0.156 e. The second-order valence-electron chi connectivity index (χ2n) is 4.06. The molecule has 0 unspecified atom stereocenters. The molecule has 0 atom stereocenters. The molecule has 0 radical (unpaired) electrons. The van der Waals surface area contributed by atoms with Gasteiger partial charge in [0.2, 0.25) is 0 Å². The van der Waals surface area contributed by atoms with Crippen molar-refractivity contribution < 1.29 is 0 Å². The molecule has 0 aromatic rings. The molecule has 3 rings (SSSR count).